The Balaban J connectivity index is 1.62. The highest BCUT2D eigenvalue weighted by Gasteiger charge is 2.39. The van der Waals surface area contributed by atoms with Crippen molar-refractivity contribution in [2.45, 2.75) is 96.5 Å². The first-order valence-corrected chi connectivity index (χ1v) is 13.8. The zero-order valence-corrected chi connectivity index (χ0v) is 22.8. The van der Waals surface area contributed by atoms with E-state index in [0.29, 0.717) is 6.42 Å². The van der Waals surface area contributed by atoms with Crippen molar-refractivity contribution in [1.29, 1.82) is 0 Å². The van der Waals surface area contributed by atoms with Gasteiger partial charge in [-0.05, 0) is 77.9 Å². The zero-order chi connectivity index (χ0) is 25.3. The molecule has 1 atom stereocenters. The van der Waals surface area contributed by atoms with E-state index in [9.17, 15) is 9.35 Å². The maximum absolute atomic E-state index is 14.2. The summed E-state index contributed by atoms with van der Waals surface area (Å²) >= 11 is -1.36. The topological polar surface area (TPSA) is 74.2 Å². The highest BCUT2D eigenvalue weighted by Crippen LogP contribution is 2.45. The lowest BCUT2D eigenvalue weighted by molar-refractivity contribution is -0.140. The van der Waals surface area contributed by atoms with Crippen LogP contribution in [0.3, 0.4) is 0 Å². The number of allylic oxidation sites excluding steroid dienone is 3. The maximum atomic E-state index is 14.2. The molecule has 35 heavy (non-hydrogen) atoms. The van der Waals surface area contributed by atoms with Gasteiger partial charge >= 0.3 is 5.97 Å². The zero-order valence-electron chi connectivity index (χ0n) is 22.0. The second kappa shape index (κ2) is 10.4. The number of benzene rings is 1. The molecule has 4 rings (SSSR count). The molecule has 0 radical (unpaired) electrons. The van der Waals surface area contributed by atoms with E-state index in [-0.39, 0.29) is 11.6 Å². The average Bonchev–Trinajstić information content (AvgIpc) is 3.02. The quantitative estimate of drug-likeness (QED) is 0.270. The second-order valence-corrected chi connectivity index (χ2v) is 11.8. The van der Waals surface area contributed by atoms with Crippen LogP contribution in [0.5, 0.6) is 5.75 Å². The van der Waals surface area contributed by atoms with E-state index in [1.807, 2.05) is 4.31 Å². The molecule has 0 aromatic heterocycles. The molecule has 0 saturated carbocycles. The molecule has 0 bridgehead atoms. The number of fused-ring (bicyclic) bond motifs is 1. The Hall–Kier alpha value is -2.25. The fraction of sp³-hybridized carbons (Fsp3) is 0.571. The van der Waals surface area contributed by atoms with Crippen molar-refractivity contribution in [3.05, 3.63) is 45.8 Å². The summed E-state index contributed by atoms with van der Waals surface area (Å²) in [7, 11) is 1.42. The molecule has 6 nitrogen and oxygen atoms in total. The number of aliphatic imine (C=N–C) groups is 1. The van der Waals surface area contributed by atoms with Crippen LogP contribution in [0.1, 0.15) is 81.0 Å². The summed E-state index contributed by atoms with van der Waals surface area (Å²) in [5, 5.41) is 0. The van der Waals surface area contributed by atoms with Crippen molar-refractivity contribution in [1.82, 2.24) is 4.31 Å². The summed E-state index contributed by atoms with van der Waals surface area (Å²) in [6.07, 6.45) is 10.8. The predicted molar refractivity (Wildman–Crippen MR) is 140 cm³/mol. The summed E-state index contributed by atoms with van der Waals surface area (Å²) < 4.78 is 27.2. The summed E-state index contributed by atoms with van der Waals surface area (Å²) in [5.74, 6) is 1.64. The van der Waals surface area contributed by atoms with Crippen LogP contribution in [-0.2, 0) is 27.3 Å². The molecule has 0 aliphatic carbocycles. The minimum absolute atomic E-state index is 0.171. The summed E-state index contributed by atoms with van der Waals surface area (Å²) in [5.41, 5.74) is 6.38. The summed E-state index contributed by atoms with van der Waals surface area (Å²) in [6, 6.07) is 0. The van der Waals surface area contributed by atoms with Gasteiger partial charge in [-0.3, -0.25) is 4.79 Å². The smallest absolute Gasteiger partial charge is 0.305 e. The molecule has 3 heterocycles. The van der Waals surface area contributed by atoms with Gasteiger partial charge in [-0.25, -0.2) is 4.99 Å². The molecule has 0 fully saturated rings. The highest BCUT2D eigenvalue weighted by atomic mass is 32.2. The van der Waals surface area contributed by atoms with Crippen molar-refractivity contribution in [2.24, 2.45) is 4.99 Å². The molecule has 0 saturated heterocycles. The van der Waals surface area contributed by atoms with Crippen LogP contribution in [0.4, 0.5) is 0 Å². The fourth-order valence-electron chi connectivity index (χ4n) is 5.25. The van der Waals surface area contributed by atoms with Crippen LogP contribution in [0.25, 0.3) is 0 Å². The molecular weight excluding hydrogens is 460 g/mol. The Morgan fingerprint density at radius 2 is 2.00 bits per heavy atom. The molecule has 0 N–H and O–H groups in total. The number of nitrogens with zero attached hydrogens (tertiary/aromatic N) is 2. The SMILES string of the molecule is COC(=O)CCCCC1=NC2=C(C=CC1)CCCN2[S+]([O-])c1c(C)c(C)c2c(c1C)CC(C)(C)O2. The van der Waals surface area contributed by atoms with Gasteiger partial charge in [-0.1, -0.05) is 12.2 Å². The first kappa shape index (κ1) is 25.8. The van der Waals surface area contributed by atoms with Crippen LogP contribution >= 0.6 is 0 Å². The van der Waals surface area contributed by atoms with E-state index >= 15 is 0 Å². The van der Waals surface area contributed by atoms with E-state index in [1.165, 1.54) is 12.7 Å². The van der Waals surface area contributed by atoms with Crippen molar-refractivity contribution in [3.8, 4) is 5.75 Å². The minimum atomic E-state index is -1.36. The van der Waals surface area contributed by atoms with Crippen molar-refractivity contribution in [3.63, 3.8) is 0 Å². The van der Waals surface area contributed by atoms with Gasteiger partial charge in [0.2, 0.25) is 0 Å². The third-order valence-electron chi connectivity index (χ3n) is 7.26. The number of hydrogen-bond donors (Lipinski definition) is 0. The molecule has 1 unspecified atom stereocenters. The van der Waals surface area contributed by atoms with E-state index in [4.69, 9.17) is 14.5 Å². The van der Waals surface area contributed by atoms with Gasteiger partial charge in [0.15, 0.2) is 10.7 Å². The number of methoxy groups -OCH3 is 1. The highest BCUT2D eigenvalue weighted by molar-refractivity contribution is 7.89. The minimum Gasteiger partial charge on any atom is -0.588 e. The molecule has 3 aliphatic heterocycles. The number of unbranched alkanes of at least 4 members (excludes halogenated alkanes) is 1. The Morgan fingerprint density at radius 3 is 2.74 bits per heavy atom. The number of carbonyl (C=O) groups excluding carboxylic acids is 1. The maximum Gasteiger partial charge on any atom is 0.305 e. The van der Waals surface area contributed by atoms with E-state index < -0.39 is 11.4 Å². The summed E-state index contributed by atoms with van der Waals surface area (Å²) in [4.78, 5) is 17.4. The van der Waals surface area contributed by atoms with Gasteiger partial charge in [0, 0.05) is 41.7 Å². The van der Waals surface area contributed by atoms with Gasteiger partial charge in [0.05, 0.1) is 13.7 Å². The van der Waals surface area contributed by atoms with Gasteiger partial charge < -0.3 is 14.0 Å². The van der Waals surface area contributed by atoms with Crippen LogP contribution < -0.4 is 4.74 Å². The molecule has 1 aromatic carbocycles. The molecule has 1 aromatic rings. The number of hydrogen-bond acceptors (Lipinski definition) is 6. The number of carbonyl (C=O) groups is 1. The third-order valence-corrected chi connectivity index (χ3v) is 8.98. The fourth-order valence-corrected chi connectivity index (χ4v) is 6.88. The largest absolute Gasteiger partial charge is 0.588 e. The average molecular weight is 499 g/mol. The number of ether oxygens (including phenoxy) is 2. The summed E-state index contributed by atoms with van der Waals surface area (Å²) in [6.45, 7) is 11.2. The van der Waals surface area contributed by atoms with Crippen molar-refractivity contribution in [2.75, 3.05) is 13.7 Å². The molecule has 0 amide bonds. The number of esters is 1. The van der Waals surface area contributed by atoms with Gasteiger partial charge in [-0.15, -0.1) is 0 Å². The van der Waals surface area contributed by atoms with E-state index in [0.717, 1.165) is 95.9 Å². The van der Waals surface area contributed by atoms with Crippen LogP contribution in [0.2, 0.25) is 0 Å². The van der Waals surface area contributed by atoms with Gasteiger partial charge in [-0.2, -0.15) is 4.31 Å². The second-order valence-electron chi connectivity index (χ2n) is 10.4. The molecular formula is C28H38N2O4S. The lowest BCUT2D eigenvalue weighted by Crippen LogP contribution is -2.35. The molecule has 190 valence electrons. The van der Waals surface area contributed by atoms with Gasteiger partial charge in [0.25, 0.3) is 0 Å². The van der Waals surface area contributed by atoms with E-state index in [2.05, 4.69) is 46.8 Å². The first-order valence-electron chi connectivity index (χ1n) is 12.7. The lowest BCUT2D eigenvalue weighted by Gasteiger charge is -2.32. The Morgan fingerprint density at radius 1 is 1.23 bits per heavy atom. The predicted octanol–water partition coefficient (Wildman–Crippen LogP) is 5.79. The lowest BCUT2D eigenvalue weighted by atomic mass is 9.94. The molecule has 7 heteroatoms. The van der Waals surface area contributed by atoms with E-state index in [1.54, 1.807) is 0 Å². The first-order chi connectivity index (χ1) is 16.6. The van der Waals surface area contributed by atoms with Crippen LogP contribution in [0, 0.1) is 20.8 Å². The monoisotopic (exact) mass is 498 g/mol. The third kappa shape index (κ3) is 5.31. The van der Waals surface area contributed by atoms with Crippen molar-refractivity contribution >= 4 is 23.0 Å². The van der Waals surface area contributed by atoms with Crippen molar-refractivity contribution < 1.29 is 18.8 Å². The molecule has 3 aliphatic rings. The standard InChI is InChI=1S/C28H38N2O4S/c1-18-19(2)26(20(3)23-17-28(4,5)34-25(18)23)35(32)30-16-10-12-21-11-9-14-22(29-27(21)30)13-7-8-15-24(31)33-6/h9,11H,7-8,10,12-17H2,1-6H3. The number of rotatable bonds is 7. The van der Waals surface area contributed by atoms with Crippen LogP contribution in [0.15, 0.2) is 33.4 Å². The Kier molecular flexibility index (Phi) is 7.67. The van der Waals surface area contributed by atoms with Gasteiger partial charge in [0.1, 0.15) is 22.7 Å². The Bertz CT molecular complexity index is 1100. The normalized spacial score (nSPS) is 19.5. The van der Waals surface area contributed by atoms with Crippen LogP contribution in [-0.4, -0.2) is 39.8 Å². The Labute approximate surface area is 212 Å². The molecule has 0 spiro atoms.